The Morgan fingerprint density at radius 1 is 1.54 bits per heavy atom. The van der Waals surface area contributed by atoms with E-state index in [-0.39, 0.29) is 5.41 Å². The second-order valence-electron chi connectivity index (χ2n) is 4.73. The molecule has 13 heavy (non-hydrogen) atoms. The lowest BCUT2D eigenvalue weighted by molar-refractivity contribution is 0.122. The molecule has 3 heteroatoms. The van der Waals surface area contributed by atoms with Gasteiger partial charge in [0, 0.05) is 18.8 Å². The van der Waals surface area contributed by atoms with Gasteiger partial charge in [0.15, 0.2) is 0 Å². The van der Waals surface area contributed by atoms with Gasteiger partial charge in [-0.05, 0) is 11.8 Å². The molecule has 3 nitrogen and oxygen atoms in total. The molecule has 0 spiro atoms. The molecule has 0 amide bonds. The van der Waals surface area contributed by atoms with Crippen molar-refractivity contribution in [3.8, 4) is 0 Å². The van der Waals surface area contributed by atoms with Gasteiger partial charge in [0.1, 0.15) is 0 Å². The number of aliphatic hydroxyl groups is 1. The van der Waals surface area contributed by atoms with Crippen LogP contribution < -0.4 is 0 Å². The van der Waals surface area contributed by atoms with Gasteiger partial charge in [-0.2, -0.15) is 5.10 Å². The highest BCUT2D eigenvalue weighted by Crippen LogP contribution is 2.28. The van der Waals surface area contributed by atoms with E-state index >= 15 is 0 Å². The van der Waals surface area contributed by atoms with Crippen LogP contribution in [0.25, 0.3) is 0 Å². The molecular formula is C10H18N2O. The van der Waals surface area contributed by atoms with Gasteiger partial charge >= 0.3 is 0 Å². The first-order chi connectivity index (χ1) is 5.88. The predicted octanol–water partition coefficient (Wildman–Crippen LogP) is 1.89. The third-order valence-corrected chi connectivity index (χ3v) is 1.92. The molecule has 1 aromatic heterocycles. The summed E-state index contributed by atoms with van der Waals surface area (Å²) in [6, 6.07) is 0. The molecule has 0 aliphatic rings. The van der Waals surface area contributed by atoms with E-state index in [9.17, 15) is 5.11 Å². The summed E-state index contributed by atoms with van der Waals surface area (Å²) in [7, 11) is 1.85. The SMILES string of the molecule is Cn1cc(C(O)CC(C)(C)C)cn1. The summed E-state index contributed by atoms with van der Waals surface area (Å²) in [5, 5.41) is 13.8. The fourth-order valence-electron chi connectivity index (χ4n) is 1.31. The van der Waals surface area contributed by atoms with E-state index in [2.05, 4.69) is 25.9 Å². The number of nitrogens with zero attached hydrogens (tertiary/aromatic N) is 2. The minimum Gasteiger partial charge on any atom is -0.388 e. The van der Waals surface area contributed by atoms with Crippen LogP contribution in [-0.2, 0) is 7.05 Å². The average molecular weight is 182 g/mol. The maximum Gasteiger partial charge on any atom is 0.0825 e. The summed E-state index contributed by atoms with van der Waals surface area (Å²) in [6.07, 6.45) is 3.94. The number of aryl methyl sites for hydroxylation is 1. The van der Waals surface area contributed by atoms with Crippen molar-refractivity contribution >= 4 is 0 Å². The smallest absolute Gasteiger partial charge is 0.0825 e. The molecule has 0 aromatic carbocycles. The van der Waals surface area contributed by atoms with Crippen molar-refractivity contribution in [3.05, 3.63) is 18.0 Å². The minimum absolute atomic E-state index is 0.148. The third-order valence-electron chi connectivity index (χ3n) is 1.92. The van der Waals surface area contributed by atoms with Crippen molar-refractivity contribution in [2.75, 3.05) is 0 Å². The molecule has 0 aliphatic heterocycles. The first-order valence-electron chi connectivity index (χ1n) is 4.55. The van der Waals surface area contributed by atoms with Gasteiger partial charge < -0.3 is 5.11 Å². The van der Waals surface area contributed by atoms with Gasteiger partial charge in [-0.3, -0.25) is 4.68 Å². The minimum atomic E-state index is -0.395. The van der Waals surface area contributed by atoms with Crippen LogP contribution in [0.2, 0.25) is 0 Å². The lowest BCUT2D eigenvalue weighted by Crippen LogP contribution is -2.11. The fraction of sp³-hybridized carbons (Fsp3) is 0.700. The molecule has 1 N–H and O–H groups in total. The Morgan fingerprint density at radius 2 is 2.15 bits per heavy atom. The highest BCUT2D eigenvalue weighted by Gasteiger charge is 2.18. The second kappa shape index (κ2) is 3.50. The van der Waals surface area contributed by atoms with Gasteiger partial charge in [-0.25, -0.2) is 0 Å². The summed E-state index contributed by atoms with van der Waals surface area (Å²) in [5.74, 6) is 0. The predicted molar refractivity (Wildman–Crippen MR) is 52.2 cm³/mol. The first-order valence-corrected chi connectivity index (χ1v) is 4.55. The highest BCUT2D eigenvalue weighted by atomic mass is 16.3. The highest BCUT2D eigenvalue weighted by molar-refractivity contribution is 5.07. The van der Waals surface area contributed by atoms with Crippen LogP contribution in [0, 0.1) is 5.41 Å². The van der Waals surface area contributed by atoms with E-state index in [1.54, 1.807) is 10.9 Å². The summed E-state index contributed by atoms with van der Waals surface area (Å²) in [6.45, 7) is 6.35. The van der Waals surface area contributed by atoms with Crippen LogP contribution in [0.4, 0.5) is 0 Å². The van der Waals surface area contributed by atoms with Crippen molar-refractivity contribution in [1.82, 2.24) is 9.78 Å². The zero-order chi connectivity index (χ0) is 10.1. The number of hydrogen-bond donors (Lipinski definition) is 1. The van der Waals surface area contributed by atoms with E-state index in [1.807, 2.05) is 13.2 Å². The summed E-state index contributed by atoms with van der Waals surface area (Å²) < 4.78 is 1.71. The zero-order valence-corrected chi connectivity index (χ0v) is 8.78. The van der Waals surface area contributed by atoms with E-state index < -0.39 is 6.10 Å². The molecule has 0 aliphatic carbocycles. The average Bonchev–Trinajstić information content (AvgIpc) is 2.31. The molecule has 0 bridgehead atoms. The lowest BCUT2D eigenvalue weighted by atomic mass is 9.88. The Morgan fingerprint density at radius 3 is 2.54 bits per heavy atom. The number of hydrogen-bond acceptors (Lipinski definition) is 2. The number of rotatable bonds is 2. The second-order valence-corrected chi connectivity index (χ2v) is 4.73. The number of aromatic nitrogens is 2. The summed E-state index contributed by atoms with van der Waals surface area (Å²) in [5.41, 5.74) is 1.05. The molecular weight excluding hydrogens is 164 g/mol. The fourth-order valence-corrected chi connectivity index (χ4v) is 1.31. The van der Waals surface area contributed by atoms with Crippen LogP contribution in [0.1, 0.15) is 38.9 Å². The zero-order valence-electron chi connectivity index (χ0n) is 8.78. The molecule has 1 heterocycles. The van der Waals surface area contributed by atoms with Crippen LogP contribution in [0.3, 0.4) is 0 Å². The molecule has 1 rings (SSSR count). The Bertz CT molecular complexity index is 273. The normalized spacial score (nSPS) is 14.5. The molecule has 0 saturated heterocycles. The molecule has 1 aromatic rings. The molecule has 0 radical (unpaired) electrons. The molecule has 0 saturated carbocycles. The van der Waals surface area contributed by atoms with E-state index in [0.29, 0.717) is 0 Å². The van der Waals surface area contributed by atoms with Crippen molar-refractivity contribution in [3.63, 3.8) is 0 Å². The van der Waals surface area contributed by atoms with E-state index in [4.69, 9.17) is 0 Å². The van der Waals surface area contributed by atoms with Crippen LogP contribution in [0.5, 0.6) is 0 Å². The van der Waals surface area contributed by atoms with Crippen LogP contribution in [-0.4, -0.2) is 14.9 Å². The largest absolute Gasteiger partial charge is 0.388 e. The standard InChI is InChI=1S/C10H18N2O/c1-10(2,3)5-9(13)8-6-11-12(4)7-8/h6-7,9,13H,5H2,1-4H3. The van der Waals surface area contributed by atoms with Gasteiger partial charge in [0.25, 0.3) is 0 Å². The molecule has 74 valence electrons. The molecule has 0 fully saturated rings. The lowest BCUT2D eigenvalue weighted by Gasteiger charge is -2.21. The summed E-state index contributed by atoms with van der Waals surface area (Å²) >= 11 is 0. The van der Waals surface area contributed by atoms with Gasteiger partial charge in [0.05, 0.1) is 12.3 Å². The Kier molecular flexibility index (Phi) is 2.76. The number of aliphatic hydroxyl groups excluding tert-OH is 1. The van der Waals surface area contributed by atoms with E-state index in [0.717, 1.165) is 12.0 Å². The quantitative estimate of drug-likeness (QED) is 0.758. The third kappa shape index (κ3) is 3.19. The van der Waals surface area contributed by atoms with Crippen molar-refractivity contribution in [1.29, 1.82) is 0 Å². The monoisotopic (exact) mass is 182 g/mol. The Hall–Kier alpha value is -0.830. The van der Waals surface area contributed by atoms with Gasteiger partial charge in [-0.1, -0.05) is 20.8 Å². The molecule has 1 unspecified atom stereocenters. The molecule has 1 atom stereocenters. The van der Waals surface area contributed by atoms with Crippen molar-refractivity contribution < 1.29 is 5.11 Å². The summed E-state index contributed by atoms with van der Waals surface area (Å²) in [4.78, 5) is 0. The maximum atomic E-state index is 9.82. The first kappa shape index (κ1) is 10.3. The Labute approximate surface area is 79.4 Å². The van der Waals surface area contributed by atoms with Crippen LogP contribution >= 0.6 is 0 Å². The van der Waals surface area contributed by atoms with Gasteiger partial charge in [0.2, 0.25) is 0 Å². The Balaban J connectivity index is 2.64. The van der Waals surface area contributed by atoms with Crippen LogP contribution in [0.15, 0.2) is 12.4 Å². The van der Waals surface area contributed by atoms with Gasteiger partial charge in [-0.15, -0.1) is 0 Å². The van der Waals surface area contributed by atoms with Crippen molar-refractivity contribution in [2.45, 2.75) is 33.3 Å². The maximum absolute atomic E-state index is 9.82. The van der Waals surface area contributed by atoms with Crippen molar-refractivity contribution in [2.24, 2.45) is 12.5 Å². The topological polar surface area (TPSA) is 38.0 Å². The van der Waals surface area contributed by atoms with E-state index in [1.165, 1.54) is 0 Å².